The van der Waals surface area contributed by atoms with E-state index in [0.29, 0.717) is 22.7 Å². The maximum absolute atomic E-state index is 12.2. The second kappa shape index (κ2) is 5.05. The zero-order chi connectivity index (χ0) is 13.9. The van der Waals surface area contributed by atoms with Gasteiger partial charge in [-0.1, -0.05) is 6.08 Å². The van der Waals surface area contributed by atoms with E-state index in [1.54, 1.807) is 30.6 Å². The highest BCUT2D eigenvalue weighted by Crippen LogP contribution is 2.36. The number of nitrogens with two attached hydrogens (primary N) is 1. The van der Waals surface area contributed by atoms with Crippen LogP contribution in [-0.4, -0.2) is 17.6 Å². The maximum atomic E-state index is 12.2. The molecule has 1 aromatic carbocycles. The number of nitrogen functional groups attached to an aromatic ring is 1. The first-order chi connectivity index (χ1) is 9.74. The first kappa shape index (κ1) is 12.2. The molecule has 0 spiro atoms. The van der Waals surface area contributed by atoms with Crippen LogP contribution in [0.5, 0.6) is 11.5 Å². The highest BCUT2D eigenvalue weighted by Gasteiger charge is 2.18. The van der Waals surface area contributed by atoms with E-state index in [0.717, 1.165) is 5.56 Å². The average Bonchev–Trinajstić information content (AvgIpc) is 2.92. The summed E-state index contributed by atoms with van der Waals surface area (Å²) in [6.45, 7) is 0.152. The molecule has 0 saturated carbocycles. The third kappa shape index (κ3) is 2.33. The number of allylic oxidation sites excluding steroid dienone is 1. The van der Waals surface area contributed by atoms with Gasteiger partial charge in [0.05, 0.1) is 0 Å². The fourth-order valence-electron chi connectivity index (χ4n) is 1.91. The first-order valence-corrected chi connectivity index (χ1v) is 6.05. The Kier molecular flexibility index (Phi) is 3.09. The third-order valence-electron chi connectivity index (χ3n) is 2.94. The van der Waals surface area contributed by atoms with Crippen LogP contribution in [0, 0.1) is 0 Å². The number of ether oxygens (including phenoxy) is 2. The standard InChI is InChI=1S/C15H12N2O3/c16-12-8-15-14(19-9-20-15)7-11(12)13(18)2-1-10-3-5-17-6-4-10/h1-8H,9,16H2. The molecule has 0 atom stereocenters. The molecule has 0 unspecified atom stereocenters. The van der Waals surface area contributed by atoms with Gasteiger partial charge < -0.3 is 15.2 Å². The van der Waals surface area contributed by atoms with Crippen LogP contribution in [0.2, 0.25) is 0 Å². The van der Waals surface area contributed by atoms with Crippen LogP contribution in [0.4, 0.5) is 5.69 Å². The Balaban J connectivity index is 1.86. The van der Waals surface area contributed by atoms with E-state index in [-0.39, 0.29) is 12.6 Å². The Morgan fingerprint density at radius 3 is 2.65 bits per heavy atom. The van der Waals surface area contributed by atoms with Gasteiger partial charge in [0.15, 0.2) is 17.3 Å². The Bertz CT molecular complexity index is 681. The van der Waals surface area contributed by atoms with Gasteiger partial charge >= 0.3 is 0 Å². The van der Waals surface area contributed by atoms with Gasteiger partial charge in [-0.3, -0.25) is 9.78 Å². The maximum Gasteiger partial charge on any atom is 0.231 e. The molecule has 1 aromatic heterocycles. The van der Waals surface area contributed by atoms with Crippen molar-refractivity contribution in [2.45, 2.75) is 0 Å². The highest BCUT2D eigenvalue weighted by molar-refractivity contribution is 6.10. The number of carbonyl (C=O) groups excluding carboxylic acids is 1. The van der Waals surface area contributed by atoms with E-state index in [1.165, 1.54) is 6.08 Å². The molecule has 0 amide bonds. The van der Waals surface area contributed by atoms with Crippen molar-refractivity contribution in [1.29, 1.82) is 0 Å². The summed E-state index contributed by atoms with van der Waals surface area (Å²) in [5.41, 5.74) is 7.54. The van der Waals surface area contributed by atoms with Crippen molar-refractivity contribution in [1.82, 2.24) is 4.98 Å². The summed E-state index contributed by atoms with van der Waals surface area (Å²) in [6.07, 6.45) is 6.52. The fourth-order valence-corrected chi connectivity index (χ4v) is 1.91. The molecule has 0 saturated heterocycles. The Hall–Kier alpha value is -2.82. The van der Waals surface area contributed by atoms with Gasteiger partial charge in [-0.2, -0.15) is 0 Å². The van der Waals surface area contributed by atoms with Gasteiger partial charge in [0.25, 0.3) is 0 Å². The van der Waals surface area contributed by atoms with E-state index in [9.17, 15) is 4.79 Å². The number of hydrogen-bond acceptors (Lipinski definition) is 5. The van der Waals surface area contributed by atoms with Crippen molar-refractivity contribution in [3.63, 3.8) is 0 Å². The van der Waals surface area contributed by atoms with Crippen LogP contribution in [0.25, 0.3) is 6.08 Å². The van der Waals surface area contributed by atoms with Crippen LogP contribution < -0.4 is 15.2 Å². The minimum Gasteiger partial charge on any atom is -0.454 e. The summed E-state index contributed by atoms with van der Waals surface area (Å²) in [6, 6.07) is 6.84. The fraction of sp³-hybridized carbons (Fsp3) is 0.0667. The van der Waals surface area contributed by atoms with Crippen molar-refractivity contribution in [2.75, 3.05) is 12.5 Å². The van der Waals surface area contributed by atoms with Crippen LogP contribution in [0.1, 0.15) is 15.9 Å². The molecular formula is C15H12N2O3. The van der Waals surface area contributed by atoms with Crippen LogP contribution >= 0.6 is 0 Å². The summed E-state index contributed by atoms with van der Waals surface area (Å²) in [5.74, 6) is 0.926. The lowest BCUT2D eigenvalue weighted by atomic mass is 10.1. The number of ketones is 1. The second-order valence-corrected chi connectivity index (χ2v) is 4.27. The van der Waals surface area contributed by atoms with Crippen molar-refractivity contribution in [3.05, 3.63) is 53.9 Å². The molecule has 100 valence electrons. The van der Waals surface area contributed by atoms with Gasteiger partial charge in [-0.25, -0.2) is 0 Å². The number of benzene rings is 1. The van der Waals surface area contributed by atoms with Crippen molar-refractivity contribution < 1.29 is 14.3 Å². The summed E-state index contributed by atoms with van der Waals surface area (Å²) < 4.78 is 10.4. The molecule has 0 bridgehead atoms. The summed E-state index contributed by atoms with van der Waals surface area (Å²) in [5, 5.41) is 0. The Labute approximate surface area is 115 Å². The van der Waals surface area contributed by atoms with Crippen molar-refractivity contribution >= 4 is 17.5 Å². The monoisotopic (exact) mass is 268 g/mol. The number of anilines is 1. The Morgan fingerprint density at radius 1 is 1.20 bits per heavy atom. The van der Waals surface area contributed by atoms with Crippen molar-refractivity contribution in [2.24, 2.45) is 0 Å². The molecule has 0 radical (unpaired) electrons. The van der Waals surface area contributed by atoms with Crippen LogP contribution in [0.3, 0.4) is 0 Å². The highest BCUT2D eigenvalue weighted by atomic mass is 16.7. The number of rotatable bonds is 3. The number of hydrogen-bond donors (Lipinski definition) is 1. The SMILES string of the molecule is Nc1cc2c(cc1C(=O)C=Cc1ccncc1)OCO2. The van der Waals surface area contributed by atoms with Gasteiger partial charge in [-0.05, 0) is 29.8 Å². The quantitative estimate of drug-likeness (QED) is 0.525. The molecule has 2 N–H and O–H groups in total. The zero-order valence-electron chi connectivity index (χ0n) is 10.6. The van der Waals surface area contributed by atoms with E-state index in [1.807, 2.05) is 12.1 Å². The zero-order valence-corrected chi connectivity index (χ0v) is 10.6. The summed E-state index contributed by atoms with van der Waals surface area (Å²) in [7, 11) is 0. The molecule has 3 rings (SSSR count). The first-order valence-electron chi connectivity index (χ1n) is 6.05. The number of nitrogens with zero attached hydrogens (tertiary/aromatic N) is 1. The van der Waals surface area contributed by atoms with Crippen LogP contribution in [0.15, 0.2) is 42.7 Å². The molecule has 5 nitrogen and oxygen atoms in total. The topological polar surface area (TPSA) is 74.4 Å². The molecule has 0 aliphatic carbocycles. The van der Waals surface area contributed by atoms with Gasteiger partial charge in [0, 0.05) is 29.7 Å². The van der Waals surface area contributed by atoms with E-state index < -0.39 is 0 Å². The molecule has 2 aromatic rings. The van der Waals surface area contributed by atoms with Crippen LogP contribution in [-0.2, 0) is 0 Å². The van der Waals surface area contributed by atoms with Crippen molar-refractivity contribution in [3.8, 4) is 11.5 Å². The molecule has 5 heteroatoms. The minimum absolute atomic E-state index is 0.152. The minimum atomic E-state index is -0.183. The average molecular weight is 268 g/mol. The van der Waals surface area contributed by atoms with Gasteiger partial charge in [0.2, 0.25) is 6.79 Å². The number of fused-ring (bicyclic) bond motifs is 1. The predicted molar refractivity (Wildman–Crippen MR) is 74.6 cm³/mol. The predicted octanol–water partition coefficient (Wildman–Crippen LogP) is 2.29. The molecule has 2 heterocycles. The smallest absolute Gasteiger partial charge is 0.231 e. The van der Waals surface area contributed by atoms with Gasteiger partial charge in [-0.15, -0.1) is 0 Å². The molecular weight excluding hydrogens is 256 g/mol. The Morgan fingerprint density at radius 2 is 1.90 bits per heavy atom. The van der Waals surface area contributed by atoms with E-state index in [2.05, 4.69) is 4.98 Å². The van der Waals surface area contributed by atoms with Gasteiger partial charge in [0.1, 0.15) is 0 Å². The van der Waals surface area contributed by atoms with E-state index >= 15 is 0 Å². The number of pyridine rings is 1. The number of carbonyl (C=O) groups is 1. The summed E-state index contributed by atoms with van der Waals surface area (Å²) >= 11 is 0. The molecule has 1 aliphatic heterocycles. The van der Waals surface area contributed by atoms with E-state index in [4.69, 9.17) is 15.2 Å². The largest absolute Gasteiger partial charge is 0.454 e. The summed E-state index contributed by atoms with van der Waals surface area (Å²) in [4.78, 5) is 16.1. The molecule has 0 fully saturated rings. The number of aromatic nitrogens is 1. The lowest BCUT2D eigenvalue weighted by Crippen LogP contribution is -2.00. The second-order valence-electron chi connectivity index (χ2n) is 4.27. The third-order valence-corrected chi connectivity index (χ3v) is 2.94. The lowest BCUT2D eigenvalue weighted by Gasteiger charge is -2.04. The molecule has 1 aliphatic rings. The normalized spacial score (nSPS) is 12.8. The lowest BCUT2D eigenvalue weighted by molar-refractivity contribution is 0.104. The molecule has 20 heavy (non-hydrogen) atoms.